The molecular formula is C18H22N2O3S. The van der Waals surface area contributed by atoms with Crippen LogP contribution in [0.1, 0.15) is 31.0 Å². The third-order valence-electron chi connectivity index (χ3n) is 3.71. The number of amides is 1. The maximum Gasteiger partial charge on any atom is 0.241 e. The molecule has 0 saturated heterocycles. The Morgan fingerprint density at radius 3 is 2.12 bits per heavy atom. The van der Waals surface area contributed by atoms with E-state index in [2.05, 4.69) is 10.0 Å². The molecule has 0 aliphatic heterocycles. The highest BCUT2D eigenvalue weighted by atomic mass is 32.2. The van der Waals surface area contributed by atoms with Crippen molar-refractivity contribution in [2.45, 2.75) is 37.8 Å². The minimum Gasteiger partial charge on any atom is -0.348 e. The van der Waals surface area contributed by atoms with E-state index in [1.807, 2.05) is 44.2 Å². The normalized spacial score (nSPS) is 14.0. The van der Waals surface area contributed by atoms with Crippen molar-refractivity contribution in [2.75, 3.05) is 0 Å². The van der Waals surface area contributed by atoms with Gasteiger partial charge in [0.05, 0.1) is 17.0 Å². The van der Waals surface area contributed by atoms with Gasteiger partial charge in [-0.1, -0.05) is 48.0 Å². The van der Waals surface area contributed by atoms with Crippen molar-refractivity contribution in [3.63, 3.8) is 0 Å². The Morgan fingerprint density at radius 1 is 0.958 bits per heavy atom. The van der Waals surface area contributed by atoms with Crippen LogP contribution in [0, 0.1) is 6.92 Å². The third-order valence-corrected chi connectivity index (χ3v) is 5.27. The Balaban J connectivity index is 2.02. The van der Waals surface area contributed by atoms with Crippen LogP contribution in [-0.4, -0.2) is 20.4 Å². The van der Waals surface area contributed by atoms with Gasteiger partial charge in [0, 0.05) is 0 Å². The second-order valence-electron chi connectivity index (χ2n) is 5.80. The first-order valence-corrected chi connectivity index (χ1v) is 9.22. The van der Waals surface area contributed by atoms with E-state index >= 15 is 0 Å². The highest BCUT2D eigenvalue weighted by Gasteiger charge is 2.23. The van der Waals surface area contributed by atoms with E-state index in [9.17, 15) is 13.2 Å². The van der Waals surface area contributed by atoms with Crippen molar-refractivity contribution in [2.24, 2.45) is 0 Å². The molecule has 0 aliphatic rings. The van der Waals surface area contributed by atoms with Crippen LogP contribution >= 0.6 is 0 Å². The fourth-order valence-electron chi connectivity index (χ4n) is 2.24. The van der Waals surface area contributed by atoms with E-state index in [1.165, 1.54) is 19.1 Å². The third kappa shape index (κ3) is 4.66. The van der Waals surface area contributed by atoms with Crippen LogP contribution in [0.15, 0.2) is 59.5 Å². The van der Waals surface area contributed by atoms with Crippen LogP contribution in [0.3, 0.4) is 0 Å². The molecule has 128 valence electrons. The van der Waals surface area contributed by atoms with Gasteiger partial charge in [-0.2, -0.15) is 4.72 Å². The van der Waals surface area contributed by atoms with E-state index in [-0.39, 0.29) is 16.8 Å². The largest absolute Gasteiger partial charge is 0.348 e. The lowest BCUT2D eigenvalue weighted by molar-refractivity contribution is -0.123. The lowest BCUT2D eigenvalue weighted by Gasteiger charge is -2.19. The van der Waals surface area contributed by atoms with Gasteiger partial charge in [-0.25, -0.2) is 8.42 Å². The molecule has 2 N–H and O–H groups in total. The highest BCUT2D eigenvalue weighted by molar-refractivity contribution is 7.89. The summed E-state index contributed by atoms with van der Waals surface area (Å²) in [4.78, 5) is 12.4. The number of hydrogen-bond donors (Lipinski definition) is 2. The van der Waals surface area contributed by atoms with Crippen molar-refractivity contribution in [1.29, 1.82) is 0 Å². The standard InChI is InChI=1S/C18H22N2O3S/c1-13-9-11-17(12-10-13)24(22,23)20-15(3)18(21)19-14(2)16-7-5-4-6-8-16/h4-12,14-15,20H,1-3H3,(H,19,21)/t14?,15-/m0/s1. The molecule has 1 unspecified atom stereocenters. The Kier molecular flexibility index (Phi) is 5.75. The van der Waals surface area contributed by atoms with E-state index < -0.39 is 16.1 Å². The quantitative estimate of drug-likeness (QED) is 0.844. The first-order chi connectivity index (χ1) is 11.3. The number of benzene rings is 2. The molecule has 0 fully saturated rings. The van der Waals surface area contributed by atoms with Gasteiger partial charge in [0.25, 0.3) is 0 Å². The summed E-state index contributed by atoms with van der Waals surface area (Å²) in [5, 5.41) is 2.81. The minimum absolute atomic E-state index is 0.142. The van der Waals surface area contributed by atoms with Gasteiger partial charge >= 0.3 is 0 Å². The zero-order valence-electron chi connectivity index (χ0n) is 14.0. The molecule has 2 aromatic rings. The molecule has 0 aliphatic carbocycles. The fraction of sp³-hybridized carbons (Fsp3) is 0.278. The van der Waals surface area contributed by atoms with E-state index in [0.717, 1.165) is 11.1 Å². The summed E-state index contributed by atoms with van der Waals surface area (Å²) in [5.41, 5.74) is 1.93. The molecule has 2 aromatic carbocycles. The van der Waals surface area contributed by atoms with Crippen molar-refractivity contribution >= 4 is 15.9 Å². The lowest BCUT2D eigenvalue weighted by Crippen LogP contribution is -2.45. The molecule has 0 aromatic heterocycles. The Bertz CT molecular complexity index is 787. The average Bonchev–Trinajstić information content (AvgIpc) is 2.55. The summed E-state index contributed by atoms with van der Waals surface area (Å²) >= 11 is 0. The number of carbonyl (C=O) groups excluding carboxylic acids is 1. The maximum atomic E-state index is 12.3. The van der Waals surface area contributed by atoms with Crippen LogP contribution in [0.4, 0.5) is 0 Å². The topological polar surface area (TPSA) is 75.3 Å². The maximum absolute atomic E-state index is 12.3. The number of sulfonamides is 1. The van der Waals surface area contributed by atoms with Crippen molar-refractivity contribution in [3.8, 4) is 0 Å². The molecule has 5 nitrogen and oxygen atoms in total. The second kappa shape index (κ2) is 7.59. The molecule has 0 saturated carbocycles. The van der Waals surface area contributed by atoms with Crippen molar-refractivity contribution in [1.82, 2.24) is 10.0 Å². The first kappa shape index (κ1) is 18.2. The molecule has 1 amide bonds. The number of aryl methyl sites for hydroxylation is 1. The summed E-state index contributed by atoms with van der Waals surface area (Å²) in [6.45, 7) is 5.26. The molecule has 0 radical (unpaired) electrons. The van der Waals surface area contributed by atoms with E-state index in [0.29, 0.717) is 0 Å². The highest BCUT2D eigenvalue weighted by Crippen LogP contribution is 2.13. The SMILES string of the molecule is Cc1ccc(S(=O)(=O)N[C@@H](C)C(=O)NC(C)c2ccccc2)cc1. The van der Waals surface area contributed by atoms with Gasteiger partial charge in [0.1, 0.15) is 0 Å². The predicted octanol–water partition coefficient (Wildman–Crippen LogP) is 2.54. The summed E-state index contributed by atoms with van der Waals surface area (Å²) < 4.78 is 27.1. The minimum atomic E-state index is -3.73. The van der Waals surface area contributed by atoms with Gasteiger partial charge in [0.15, 0.2) is 0 Å². The summed E-state index contributed by atoms with van der Waals surface area (Å²) in [6, 6.07) is 14.9. The molecule has 2 atom stereocenters. The fourth-order valence-corrected chi connectivity index (χ4v) is 3.44. The molecule has 0 spiro atoms. The summed E-state index contributed by atoms with van der Waals surface area (Å²) in [7, 11) is -3.73. The Morgan fingerprint density at radius 2 is 1.54 bits per heavy atom. The molecular weight excluding hydrogens is 324 g/mol. The van der Waals surface area contributed by atoms with Crippen molar-refractivity contribution in [3.05, 3.63) is 65.7 Å². The zero-order chi connectivity index (χ0) is 17.7. The second-order valence-corrected chi connectivity index (χ2v) is 7.51. The smallest absolute Gasteiger partial charge is 0.241 e. The first-order valence-electron chi connectivity index (χ1n) is 7.74. The van der Waals surface area contributed by atoms with Gasteiger partial charge in [-0.3, -0.25) is 4.79 Å². The lowest BCUT2D eigenvalue weighted by atomic mass is 10.1. The molecule has 2 rings (SSSR count). The Hall–Kier alpha value is -2.18. The molecule has 0 heterocycles. The van der Waals surface area contributed by atoms with Gasteiger partial charge in [-0.05, 0) is 38.5 Å². The Labute approximate surface area is 143 Å². The van der Waals surface area contributed by atoms with Crippen LogP contribution in [-0.2, 0) is 14.8 Å². The number of nitrogens with one attached hydrogen (secondary N) is 2. The van der Waals surface area contributed by atoms with Gasteiger partial charge in [-0.15, -0.1) is 0 Å². The van der Waals surface area contributed by atoms with E-state index in [1.54, 1.807) is 12.1 Å². The number of carbonyl (C=O) groups is 1. The summed E-state index contributed by atoms with van der Waals surface area (Å²) in [6.07, 6.45) is 0. The number of rotatable bonds is 6. The molecule has 6 heteroatoms. The van der Waals surface area contributed by atoms with Crippen LogP contribution in [0.5, 0.6) is 0 Å². The monoisotopic (exact) mass is 346 g/mol. The van der Waals surface area contributed by atoms with Crippen molar-refractivity contribution < 1.29 is 13.2 Å². The zero-order valence-corrected chi connectivity index (χ0v) is 14.8. The number of hydrogen-bond acceptors (Lipinski definition) is 3. The van der Waals surface area contributed by atoms with Gasteiger partial charge < -0.3 is 5.32 Å². The van der Waals surface area contributed by atoms with Gasteiger partial charge in [0.2, 0.25) is 15.9 Å². The van der Waals surface area contributed by atoms with Crippen LogP contribution in [0.25, 0.3) is 0 Å². The molecule has 0 bridgehead atoms. The average molecular weight is 346 g/mol. The van der Waals surface area contributed by atoms with E-state index in [4.69, 9.17) is 0 Å². The predicted molar refractivity (Wildman–Crippen MR) is 94.0 cm³/mol. The van der Waals surface area contributed by atoms with Crippen LogP contribution < -0.4 is 10.0 Å². The van der Waals surface area contributed by atoms with Crippen LogP contribution in [0.2, 0.25) is 0 Å². The molecule has 24 heavy (non-hydrogen) atoms. The summed E-state index contributed by atoms with van der Waals surface area (Å²) in [5.74, 6) is -0.373.